The zero-order chi connectivity index (χ0) is 21.4. The molecular formula is C21H22ClNO6. The predicted octanol–water partition coefficient (Wildman–Crippen LogP) is 2.83. The molecule has 0 aliphatic heterocycles. The molecular weight excluding hydrogens is 398 g/mol. The molecule has 0 aliphatic rings. The van der Waals surface area contributed by atoms with Gasteiger partial charge in [-0.1, -0.05) is 41.9 Å². The highest BCUT2D eigenvalue weighted by Crippen LogP contribution is 2.36. The second kappa shape index (κ2) is 10.5. The topological polar surface area (TPSA) is 90.9 Å². The minimum absolute atomic E-state index is 0.104. The van der Waals surface area contributed by atoms with Crippen LogP contribution < -0.4 is 14.8 Å². The lowest BCUT2D eigenvalue weighted by Gasteiger charge is -2.16. The summed E-state index contributed by atoms with van der Waals surface area (Å²) in [7, 11) is 2.83. The van der Waals surface area contributed by atoms with Crippen LogP contribution in [-0.2, 0) is 20.7 Å². The summed E-state index contributed by atoms with van der Waals surface area (Å²) in [6.45, 7) is 0.856. The first-order chi connectivity index (χ1) is 13.8. The summed E-state index contributed by atoms with van der Waals surface area (Å²) in [5.41, 5.74) is 1.01. The van der Waals surface area contributed by atoms with E-state index in [0.29, 0.717) is 6.42 Å². The van der Waals surface area contributed by atoms with Crippen molar-refractivity contribution in [3.8, 4) is 11.5 Å². The summed E-state index contributed by atoms with van der Waals surface area (Å²) in [4.78, 5) is 36.3. The van der Waals surface area contributed by atoms with E-state index in [-0.39, 0.29) is 27.9 Å². The number of halogens is 1. The Bertz CT molecular complexity index is 884. The number of hydrogen-bond donors (Lipinski definition) is 1. The van der Waals surface area contributed by atoms with Crippen LogP contribution in [0.1, 0.15) is 22.8 Å². The van der Waals surface area contributed by atoms with E-state index in [4.69, 9.17) is 25.8 Å². The van der Waals surface area contributed by atoms with Gasteiger partial charge >= 0.3 is 5.97 Å². The molecule has 29 heavy (non-hydrogen) atoms. The fourth-order valence-corrected chi connectivity index (χ4v) is 2.92. The first-order valence-corrected chi connectivity index (χ1v) is 9.15. The summed E-state index contributed by atoms with van der Waals surface area (Å²) < 4.78 is 15.3. The number of ether oxygens (including phenoxy) is 3. The van der Waals surface area contributed by atoms with Crippen molar-refractivity contribution >= 4 is 29.3 Å². The Morgan fingerprint density at radius 3 is 2.34 bits per heavy atom. The van der Waals surface area contributed by atoms with E-state index in [0.717, 1.165) is 5.56 Å². The fourth-order valence-electron chi connectivity index (χ4n) is 2.63. The van der Waals surface area contributed by atoms with Gasteiger partial charge in [0.25, 0.3) is 5.91 Å². The maximum absolute atomic E-state index is 12.3. The van der Waals surface area contributed by atoms with Crippen LogP contribution in [0, 0.1) is 0 Å². The molecule has 0 unspecified atom stereocenters. The van der Waals surface area contributed by atoms with Gasteiger partial charge in [0, 0.05) is 0 Å². The van der Waals surface area contributed by atoms with Crippen molar-refractivity contribution in [2.75, 3.05) is 20.8 Å². The fraction of sp³-hybridized carbons (Fsp3) is 0.286. The van der Waals surface area contributed by atoms with Gasteiger partial charge in [0.2, 0.25) is 0 Å². The maximum Gasteiger partial charge on any atom is 0.338 e. The summed E-state index contributed by atoms with van der Waals surface area (Å²) in [5.74, 6) is -0.990. The Morgan fingerprint density at radius 1 is 1.07 bits per heavy atom. The number of carbonyl (C=O) groups excluding carboxylic acids is 3. The molecule has 8 heteroatoms. The van der Waals surface area contributed by atoms with Crippen molar-refractivity contribution in [3.05, 3.63) is 58.6 Å². The molecule has 0 saturated carbocycles. The SMILES string of the molecule is COc1cc(C(=O)OCC(=O)N[C@H](Cc2ccccc2)C(C)=O)cc(Cl)c1OC. The summed E-state index contributed by atoms with van der Waals surface area (Å²) in [5, 5.41) is 2.76. The minimum Gasteiger partial charge on any atom is -0.493 e. The molecule has 7 nitrogen and oxygen atoms in total. The van der Waals surface area contributed by atoms with Gasteiger partial charge in [-0.05, 0) is 31.0 Å². The first kappa shape index (κ1) is 22.2. The van der Waals surface area contributed by atoms with Crippen molar-refractivity contribution in [2.45, 2.75) is 19.4 Å². The number of amides is 1. The number of rotatable bonds is 9. The van der Waals surface area contributed by atoms with Crippen LogP contribution in [0.3, 0.4) is 0 Å². The Labute approximate surface area is 173 Å². The largest absolute Gasteiger partial charge is 0.493 e. The summed E-state index contributed by atoms with van der Waals surface area (Å²) in [6.07, 6.45) is 0.348. The van der Waals surface area contributed by atoms with Crippen LogP contribution in [0.25, 0.3) is 0 Å². The molecule has 2 aromatic rings. The minimum atomic E-state index is -0.759. The molecule has 1 atom stereocenters. The summed E-state index contributed by atoms with van der Waals surface area (Å²) >= 11 is 6.07. The lowest BCUT2D eigenvalue weighted by molar-refractivity contribution is -0.128. The van der Waals surface area contributed by atoms with Crippen LogP contribution in [0.5, 0.6) is 11.5 Å². The van der Waals surface area contributed by atoms with E-state index in [1.165, 1.54) is 33.3 Å². The third-order valence-corrected chi connectivity index (χ3v) is 4.39. The molecule has 1 amide bonds. The number of esters is 1. The van der Waals surface area contributed by atoms with Crippen molar-refractivity contribution in [2.24, 2.45) is 0 Å². The smallest absolute Gasteiger partial charge is 0.338 e. The number of ketones is 1. The molecule has 0 aliphatic carbocycles. The zero-order valence-electron chi connectivity index (χ0n) is 16.4. The van der Waals surface area contributed by atoms with Crippen LogP contribution >= 0.6 is 11.6 Å². The van der Waals surface area contributed by atoms with Gasteiger partial charge in [-0.15, -0.1) is 0 Å². The van der Waals surface area contributed by atoms with E-state index >= 15 is 0 Å². The molecule has 0 saturated heterocycles. The maximum atomic E-state index is 12.3. The second-order valence-electron chi connectivity index (χ2n) is 6.19. The molecule has 0 aromatic heterocycles. The monoisotopic (exact) mass is 419 g/mol. The number of carbonyl (C=O) groups is 3. The second-order valence-corrected chi connectivity index (χ2v) is 6.60. The molecule has 154 valence electrons. The average molecular weight is 420 g/mol. The van der Waals surface area contributed by atoms with Crippen molar-refractivity contribution in [1.82, 2.24) is 5.32 Å². The van der Waals surface area contributed by atoms with Gasteiger partial charge in [-0.2, -0.15) is 0 Å². The molecule has 1 N–H and O–H groups in total. The van der Waals surface area contributed by atoms with E-state index in [1.54, 1.807) is 0 Å². The number of methoxy groups -OCH3 is 2. The van der Waals surface area contributed by atoms with E-state index in [9.17, 15) is 14.4 Å². The highest BCUT2D eigenvalue weighted by atomic mass is 35.5. The van der Waals surface area contributed by atoms with E-state index in [2.05, 4.69) is 5.32 Å². The lowest BCUT2D eigenvalue weighted by Crippen LogP contribution is -2.43. The zero-order valence-corrected chi connectivity index (χ0v) is 17.1. The molecule has 0 heterocycles. The Balaban J connectivity index is 1.98. The Kier molecular flexibility index (Phi) is 8.03. The standard InChI is InChI=1S/C21H22ClNO6/c1-13(24)17(9-14-7-5-4-6-8-14)23-19(25)12-29-21(26)15-10-16(22)20(28-3)18(11-15)27-2/h4-8,10-11,17H,9,12H2,1-3H3,(H,23,25)/t17-/m1/s1. The number of nitrogens with one attached hydrogen (secondary N) is 1. The molecule has 0 bridgehead atoms. The van der Waals surface area contributed by atoms with E-state index < -0.39 is 24.5 Å². The molecule has 2 rings (SSSR count). The van der Waals surface area contributed by atoms with Gasteiger partial charge in [0.05, 0.1) is 30.8 Å². The van der Waals surface area contributed by atoms with Gasteiger partial charge in [-0.25, -0.2) is 4.79 Å². The van der Waals surface area contributed by atoms with Gasteiger partial charge < -0.3 is 19.5 Å². The molecule has 0 radical (unpaired) electrons. The highest BCUT2D eigenvalue weighted by Gasteiger charge is 2.20. The van der Waals surface area contributed by atoms with Crippen molar-refractivity contribution in [1.29, 1.82) is 0 Å². The number of Topliss-reactive ketones (excluding diaryl/α,β-unsaturated/α-hetero) is 1. The van der Waals surface area contributed by atoms with Crippen LogP contribution in [0.4, 0.5) is 0 Å². The van der Waals surface area contributed by atoms with Gasteiger partial charge in [-0.3, -0.25) is 9.59 Å². The van der Waals surface area contributed by atoms with Crippen molar-refractivity contribution < 1.29 is 28.6 Å². The lowest BCUT2D eigenvalue weighted by atomic mass is 10.0. The predicted molar refractivity (Wildman–Crippen MR) is 108 cm³/mol. The quantitative estimate of drug-likeness (QED) is 0.628. The van der Waals surface area contributed by atoms with Crippen molar-refractivity contribution in [3.63, 3.8) is 0 Å². The third-order valence-electron chi connectivity index (χ3n) is 4.11. The first-order valence-electron chi connectivity index (χ1n) is 8.78. The molecule has 0 spiro atoms. The Morgan fingerprint density at radius 2 is 1.76 bits per heavy atom. The van der Waals surface area contributed by atoms with Crippen LogP contribution in [-0.4, -0.2) is 44.5 Å². The highest BCUT2D eigenvalue weighted by molar-refractivity contribution is 6.32. The Hall–Kier alpha value is -3.06. The molecule has 0 fully saturated rings. The third kappa shape index (κ3) is 6.22. The van der Waals surface area contributed by atoms with Gasteiger partial charge in [0.15, 0.2) is 23.9 Å². The number of benzene rings is 2. The number of hydrogen-bond acceptors (Lipinski definition) is 6. The van der Waals surface area contributed by atoms with Crippen LogP contribution in [0.15, 0.2) is 42.5 Å². The molecule has 2 aromatic carbocycles. The van der Waals surface area contributed by atoms with E-state index in [1.807, 2.05) is 30.3 Å². The normalized spacial score (nSPS) is 11.3. The average Bonchev–Trinajstić information content (AvgIpc) is 2.71. The van der Waals surface area contributed by atoms with Crippen LogP contribution in [0.2, 0.25) is 5.02 Å². The summed E-state index contributed by atoms with van der Waals surface area (Å²) in [6, 6.07) is 11.3. The van der Waals surface area contributed by atoms with Gasteiger partial charge in [0.1, 0.15) is 0 Å².